The molecule has 0 fully saturated rings. The van der Waals surface area contributed by atoms with Gasteiger partial charge in [0.2, 0.25) is 0 Å². The van der Waals surface area contributed by atoms with Gasteiger partial charge in [0.1, 0.15) is 5.58 Å². The highest BCUT2D eigenvalue weighted by Gasteiger charge is 2.21. The minimum atomic E-state index is 0.108. The molecule has 20 heavy (non-hydrogen) atoms. The summed E-state index contributed by atoms with van der Waals surface area (Å²) in [5.74, 6) is 0. The van der Waals surface area contributed by atoms with Crippen molar-refractivity contribution in [2.45, 2.75) is 59.4 Å². The van der Waals surface area contributed by atoms with Gasteiger partial charge in [0.05, 0.1) is 6.26 Å². The summed E-state index contributed by atoms with van der Waals surface area (Å²) in [4.78, 5) is 0. The number of fused-ring (bicyclic) bond motifs is 1. The third-order valence-electron chi connectivity index (χ3n) is 3.76. The molecule has 2 rings (SSSR count). The molecule has 0 spiro atoms. The summed E-state index contributed by atoms with van der Waals surface area (Å²) in [7, 11) is 0. The Kier molecular flexibility index (Phi) is 4.24. The van der Waals surface area contributed by atoms with Crippen LogP contribution < -0.4 is 5.32 Å². The van der Waals surface area contributed by atoms with E-state index in [2.05, 4.69) is 59.0 Å². The fraction of sp³-hybridized carbons (Fsp3) is 0.556. The smallest absolute Gasteiger partial charge is 0.138 e. The number of rotatable bonds is 4. The van der Waals surface area contributed by atoms with Crippen LogP contribution in [-0.4, -0.2) is 12.6 Å². The Morgan fingerprint density at radius 1 is 1.20 bits per heavy atom. The second kappa shape index (κ2) is 5.61. The first-order chi connectivity index (χ1) is 9.30. The van der Waals surface area contributed by atoms with Crippen LogP contribution in [-0.2, 0) is 11.8 Å². The van der Waals surface area contributed by atoms with Gasteiger partial charge in [0.25, 0.3) is 0 Å². The van der Waals surface area contributed by atoms with Crippen molar-refractivity contribution < 1.29 is 4.42 Å². The van der Waals surface area contributed by atoms with Crippen molar-refractivity contribution >= 4 is 11.0 Å². The molecule has 0 atom stereocenters. The van der Waals surface area contributed by atoms with Crippen molar-refractivity contribution in [1.29, 1.82) is 0 Å². The maximum atomic E-state index is 5.92. The second-order valence-corrected chi connectivity index (χ2v) is 7.00. The molecule has 2 heteroatoms. The van der Waals surface area contributed by atoms with Crippen molar-refractivity contribution in [2.75, 3.05) is 6.54 Å². The SMILES string of the molecule is Cc1ccc(C(C)(C)C)c2occ(CCNC(C)C)c12. The van der Waals surface area contributed by atoms with Crippen LogP contribution in [0.25, 0.3) is 11.0 Å². The minimum Gasteiger partial charge on any atom is -0.464 e. The fourth-order valence-corrected chi connectivity index (χ4v) is 2.66. The normalized spacial score (nSPS) is 12.6. The highest BCUT2D eigenvalue weighted by atomic mass is 16.3. The molecule has 0 saturated heterocycles. The summed E-state index contributed by atoms with van der Waals surface area (Å²) in [6.45, 7) is 14.2. The quantitative estimate of drug-likeness (QED) is 0.882. The lowest BCUT2D eigenvalue weighted by atomic mass is 9.85. The number of benzene rings is 1. The van der Waals surface area contributed by atoms with E-state index in [4.69, 9.17) is 4.42 Å². The van der Waals surface area contributed by atoms with Gasteiger partial charge < -0.3 is 9.73 Å². The van der Waals surface area contributed by atoms with Gasteiger partial charge in [-0.1, -0.05) is 46.8 Å². The topological polar surface area (TPSA) is 25.2 Å². The maximum Gasteiger partial charge on any atom is 0.138 e. The van der Waals surface area contributed by atoms with Crippen molar-refractivity contribution in [3.8, 4) is 0 Å². The minimum absolute atomic E-state index is 0.108. The van der Waals surface area contributed by atoms with Crippen LogP contribution in [0.2, 0.25) is 0 Å². The van der Waals surface area contributed by atoms with Crippen molar-refractivity contribution in [2.24, 2.45) is 0 Å². The van der Waals surface area contributed by atoms with Gasteiger partial charge in [0.15, 0.2) is 0 Å². The zero-order valence-electron chi connectivity index (χ0n) is 13.6. The Morgan fingerprint density at radius 3 is 2.50 bits per heavy atom. The van der Waals surface area contributed by atoms with Crippen LogP contribution in [0.5, 0.6) is 0 Å². The lowest BCUT2D eigenvalue weighted by molar-refractivity contribution is 0.554. The summed E-state index contributed by atoms with van der Waals surface area (Å²) < 4.78 is 5.92. The van der Waals surface area contributed by atoms with E-state index in [0.29, 0.717) is 6.04 Å². The molecule has 0 saturated carbocycles. The van der Waals surface area contributed by atoms with E-state index in [1.54, 1.807) is 0 Å². The molecule has 0 amide bonds. The van der Waals surface area contributed by atoms with E-state index in [1.165, 1.54) is 22.1 Å². The molecule has 0 radical (unpaired) electrons. The van der Waals surface area contributed by atoms with Crippen LogP contribution in [0.15, 0.2) is 22.8 Å². The van der Waals surface area contributed by atoms with E-state index >= 15 is 0 Å². The number of aryl methyl sites for hydroxylation is 1. The maximum absolute atomic E-state index is 5.92. The van der Waals surface area contributed by atoms with E-state index < -0.39 is 0 Å². The number of hydrogen-bond donors (Lipinski definition) is 1. The molecule has 0 bridgehead atoms. The van der Waals surface area contributed by atoms with Gasteiger partial charge in [-0.25, -0.2) is 0 Å². The number of nitrogens with one attached hydrogen (secondary N) is 1. The van der Waals surface area contributed by atoms with Crippen LogP contribution in [0.1, 0.15) is 51.3 Å². The van der Waals surface area contributed by atoms with Crippen LogP contribution >= 0.6 is 0 Å². The molecule has 1 aromatic carbocycles. The molecular weight excluding hydrogens is 246 g/mol. The van der Waals surface area contributed by atoms with E-state index in [1.807, 2.05) is 6.26 Å². The molecule has 1 N–H and O–H groups in total. The first-order valence-electron chi connectivity index (χ1n) is 7.54. The Balaban J connectivity index is 2.39. The van der Waals surface area contributed by atoms with Crippen molar-refractivity contribution in [3.63, 3.8) is 0 Å². The Labute approximate surface area is 122 Å². The molecule has 2 nitrogen and oxygen atoms in total. The largest absolute Gasteiger partial charge is 0.464 e. The summed E-state index contributed by atoms with van der Waals surface area (Å²) in [6.07, 6.45) is 2.95. The van der Waals surface area contributed by atoms with Gasteiger partial charge in [-0.05, 0) is 36.4 Å². The molecule has 1 heterocycles. The van der Waals surface area contributed by atoms with E-state index in [0.717, 1.165) is 18.5 Å². The lowest BCUT2D eigenvalue weighted by Gasteiger charge is -2.19. The van der Waals surface area contributed by atoms with Crippen LogP contribution in [0, 0.1) is 6.92 Å². The highest BCUT2D eigenvalue weighted by molar-refractivity contribution is 5.87. The van der Waals surface area contributed by atoms with Gasteiger partial charge in [-0.2, -0.15) is 0 Å². The summed E-state index contributed by atoms with van der Waals surface area (Å²) in [5.41, 5.74) is 5.09. The standard InChI is InChI=1S/C18H27NO/c1-12(2)19-10-9-14-11-20-17-15(18(4,5)6)8-7-13(3)16(14)17/h7-8,11-12,19H,9-10H2,1-6H3. The van der Waals surface area contributed by atoms with Gasteiger partial charge >= 0.3 is 0 Å². The predicted molar refractivity (Wildman–Crippen MR) is 86.5 cm³/mol. The van der Waals surface area contributed by atoms with E-state index in [-0.39, 0.29) is 5.41 Å². The average molecular weight is 273 g/mol. The fourth-order valence-electron chi connectivity index (χ4n) is 2.66. The molecule has 110 valence electrons. The Hall–Kier alpha value is -1.28. The third-order valence-corrected chi connectivity index (χ3v) is 3.76. The Bertz CT molecular complexity index is 587. The zero-order chi connectivity index (χ0) is 14.9. The van der Waals surface area contributed by atoms with Crippen LogP contribution in [0.3, 0.4) is 0 Å². The molecule has 0 aliphatic heterocycles. The molecule has 0 aliphatic rings. The molecular formula is C18H27NO. The summed E-state index contributed by atoms with van der Waals surface area (Å²) in [5, 5.41) is 4.78. The monoisotopic (exact) mass is 273 g/mol. The lowest BCUT2D eigenvalue weighted by Crippen LogP contribution is -2.24. The van der Waals surface area contributed by atoms with Gasteiger partial charge in [-0.15, -0.1) is 0 Å². The molecule has 0 aliphatic carbocycles. The number of furan rings is 1. The first-order valence-corrected chi connectivity index (χ1v) is 7.54. The number of hydrogen-bond acceptors (Lipinski definition) is 2. The second-order valence-electron chi connectivity index (χ2n) is 7.00. The first kappa shape index (κ1) is 15.1. The van der Waals surface area contributed by atoms with Crippen molar-refractivity contribution in [3.05, 3.63) is 35.1 Å². The molecule has 0 unspecified atom stereocenters. The van der Waals surface area contributed by atoms with E-state index in [9.17, 15) is 0 Å². The van der Waals surface area contributed by atoms with Crippen molar-refractivity contribution in [1.82, 2.24) is 5.32 Å². The van der Waals surface area contributed by atoms with Crippen LogP contribution in [0.4, 0.5) is 0 Å². The molecule has 1 aromatic heterocycles. The highest BCUT2D eigenvalue weighted by Crippen LogP contribution is 2.34. The Morgan fingerprint density at radius 2 is 1.90 bits per heavy atom. The predicted octanol–water partition coefficient (Wildman–Crippen LogP) is 4.58. The van der Waals surface area contributed by atoms with Gasteiger partial charge in [0, 0.05) is 17.0 Å². The third kappa shape index (κ3) is 3.06. The summed E-state index contributed by atoms with van der Waals surface area (Å²) in [6, 6.07) is 4.95. The zero-order valence-corrected chi connectivity index (χ0v) is 13.6. The summed E-state index contributed by atoms with van der Waals surface area (Å²) >= 11 is 0. The average Bonchev–Trinajstić information content (AvgIpc) is 2.72. The van der Waals surface area contributed by atoms with Gasteiger partial charge in [-0.3, -0.25) is 0 Å². The molecule has 2 aromatic rings.